The second-order valence-corrected chi connectivity index (χ2v) is 4.96. The monoisotopic (exact) mass is 185 g/mol. The smallest absolute Gasteiger partial charge is 0.0685 e. The molecule has 0 aromatic carbocycles. The summed E-state index contributed by atoms with van der Waals surface area (Å²) in [5.41, 5.74) is 5.24. The molecule has 0 aromatic rings. The number of hydrogen-bond acceptors (Lipinski definition) is 2. The summed E-state index contributed by atoms with van der Waals surface area (Å²) in [4.78, 5) is 0. The van der Waals surface area contributed by atoms with E-state index in [1.165, 1.54) is 6.42 Å². The maximum atomic E-state index is 10.3. The average Bonchev–Trinajstić information content (AvgIpc) is 2.49. The molecule has 1 saturated carbocycles. The van der Waals surface area contributed by atoms with Gasteiger partial charge in [-0.3, -0.25) is 0 Å². The summed E-state index contributed by atoms with van der Waals surface area (Å²) in [6, 6.07) is 0. The Morgan fingerprint density at radius 3 is 2.54 bits per heavy atom. The third-order valence-electron chi connectivity index (χ3n) is 4.08. The molecule has 0 spiro atoms. The fourth-order valence-corrected chi connectivity index (χ4v) is 2.66. The van der Waals surface area contributed by atoms with Crippen molar-refractivity contribution in [3.8, 4) is 0 Å². The minimum absolute atomic E-state index is 0.0127. The molecule has 1 fully saturated rings. The van der Waals surface area contributed by atoms with Crippen LogP contribution in [0.3, 0.4) is 0 Å². The predicted octanol–water partition coefficient (Wildman–Crippen LogP) is 1.91. The normalized spacial score (nSPS) is 39.0. The van der Waals surface area contributed by atoms with Crippen LogP contribution in [0.5, 0.6) is 0 Å². The van der Waals surface area contributed by atoms with Gasteiger partial charge in [-0.25, -0.2) is 0 Å². The molecule has 13 heavy (non-hydrogen) atoms. The van der Waals surface area contributed by atoms with Crippen molar-refractivity contribution in [2.24, 2.45) is 17.1 Å². The van der Waals surface area contributed by atoms with E-state index in [4.69, 9.17) is 5.73 Å². The average molecular weight is 185 g/mol. The third-order valence-corrected chi connectivity index (χ3v) is 4.08. The van der Waals surface area contributed by atoms with Crippen molar-refractivity contribution < 1.29 is 5.11 Å². The van der Waals surface area contributed by atoms with Gasteiger partial charge in [-0.15, -0.1) is 0 Å². The van der Waals surface area contributed by atoms with Crippen molar-refractivity contribution in [2.45, 2.75) is 52.1 Å². The van der Waals surface area contributed by atoms with Gasteiger partial charge in [-0.1, -0.05) is 20.3 Å². The highest BCUT2D eigenvalue weighted by Gasteiger charge is 2.48. The van der Waals surface area contributed by atoms with Crippen molar-refractivity contribution in [1.29, 1.82) is 0 Å². The molecule has 1 aliphatic carbocycles. The second-order valence-electron chi connectivity index (χ2n) is 4.96. The number of hydrogen-bond donors (Lipinski definition) is 2. The van der Waals surface area contributed by atoms with Crippen LogP contribution in [0.1, 0.15) is 46.5 Å². The molecule has 2 heteroatoms. The summed E-state index contributed by atoms with van der Waals surface area (Å²) in [7, 11) is 0. The van der Waals surface area contributed by atoms with E-state index in [0.29, 0.717) is 6.54 Å². The first-order valence-corrected chi connectivity index (χ1v) is 5.40. The van der Waals surface area contributed by atoms with Crippen LogP contribution in [0.15, 0.2) is 0 Å². The minimum atomic E-state index is -0.577. The van der Waals surface area contributed by atoms with Crippen LogP contribution in [0.2, 0.25) is 0 Å². The largest absolute Gasteiger partial charge is 0.390 e. The zero-order valence-electron chi connectivity index (χ0n) is 9.14. The third kappa shape index (κ3) is 1.75. The van der Waals surface area contributed by atoms with Crippen molar-refractivity contribution in [3.63, 3.8) is 0 Å². The van der Waals surface area contributed by atoms with Crippen LogP contribution in [-0.2, 0) is 0 Å². The summed E-state index contributed by atoms with van der Waals surface area (Å²) < 4.78 is 0. The standard InChI is InChI=1S/C11H23NO/c1-4-10(3,13)11(8-12)6-5-9(2)7-11/h9,13H,4-8,12H2,1-3H3. The first-order valence-electron chi connectivity index (χ1n) is 5.40. The molecule has 0 heterocycles. The van der Waals surface area contributed by atoms with Crippen LogP contribution in [0, 0.1) is 11.3 Å². The molecular formula is C11H23NO. The van der Waals surface area contributed by atoms with Crippen molar-refractivity contribution in [3.05, 3.63) is 0 Å². The first kappa shape index (κ1) is 11.0. The highest BCUT2D eigenvalue weighted by atomic mass is 16.3. The molecule has 3 atom stereocenters. The van der Waals surface area contributed by atoms with Gasteiger partial charge in [-0.2, -0.15) is 0 Å². The maximum Gasteiger partial charge on any atom is 0.0685 e. The second kappa shape index (κ2) is 3.58. The van der Waals surface area contributed by atoms with Gasteiger partial charge in [-0.05, 0) is 32.1 Å². The van der Waals surface area contributed by atoms with Gasteiger partial charge in [0.05, 0.1) is 5.60 Å². The number of rotatable bonds is 3. The fraction of sp³-hybridized carbons (Fsp3) is 1.00. The van der Waals surface area contributed by atoms with Crippen LogP contribution in [0.25, 0.3) is 0 Å². The van der Waals surface area contributed by atoms with Gasteiger partial charge in [0.1, 0.15) is 0 Å². The van der Waals surface area contributed by atoms with Crippen molar-refractivity contribution in [1.82, 2.24) is 0 Å². The van der Waals surface area contributed by atoms with Gasteiger partial charge in [0.15, 0.2) is 0 Å². The van der Waals surface area contributed by atoms with Crippen molar-refractivity contribution in [2.75, 3.05) is 6.54 Å². The molecule has 0 saturated heterocycles. The molecule has 0 aliphatic heterocycles. The Hall–Kier alpha value is -0.0800. The molecule has 1 rings (SSSR count). The lowest BCUT2D eigenvalue weighted by atomic mass is 9.69. The van der Waals surface area contributed by atoms with E-state index >= 15 is 0 Å². The molecule has 0 bridgehead atoms. The molecule has 2 nitrogen and oxygen atoms in total. The Bertz CT molecular complexity index is 179. The molecular weight excluding hydrogens is 162 g/mol. The molecule has 0 aromatic heterocycles. The highest BCUT2D eigenvalue weighted by molar-refractivity contribution is 5.00. The predicted molar refractivity (Wildman–Crippen MR) is 55.4 cm³/mol. The number of aliphatic hydroxyl groups is 1. The SMILES string of the molecule is CCC(C)(O)C1(CN)CCC(C)C1. The Morgan fingerprint density at radius 1 is 1.62 bits per heavy atom. The van der Waals surface area contributed by atoms with Gasteiger partial charge < -0.3 is 10.8 Å². The fourth-order valence-electron chi connectivity index (χ4n) is 2.66. The van der Waals surface area contributed by atoms with Crippen LogP contribution in [0.4, 0.5) is 0 Å². The molecule has 3 N–H and O–H groups in total. The Balaban J connectivity index is 2.82. The topological polar surface area (TPSA) is 46.2 Å². The van der Waals surface area contributed by atoms with Crippen LogP contribution >= 0.6 is 0 Å². The molecule has 3 unspecified atom stereocenters. The quantitative estimate of drug-likeness (QED) is 0.705. The van der Waals surface area contributed by atoms with E-state index in [1.807, 2.05) is 13.8 Å². The summed E-state index contributed by atoms with van der Waals surface area (Å²) in [5.74, 6) is 0.724. The zero-order valence-corrected chi connectivity index (χ0v) is 9.14. The molecule has 1 aliphatic rings. The van der Waals surface area contributed by atoms with Crippen molar-refractivity contribution >= 4 is 0 Å². The van der Waals surface area contributed by atoms with Gasteiger partial charge in [0.25, 0.3) is 0 Å². The van der Waals surface area contributed by atoms with E-state index in [1.54, 1.807) is 0 Å². The lowest BCUT2D eigenvalue weighted by molar-refractivity contribution is -0.0674. The molecule has 78 valence electrons. The zero-order chi connectivity index (χ0) is 10.1. The van der Waals surface area contributed by atoms with E-state index in [-0.39, 0.29) is 5.41 Å². The van der Waals surface area contributed by atoms with E-state index in [2.05, 4.69) is 6.92 Å². The highest BCUT2D eigenvalue weighted by Crippen LogP contribution is 2.49. The lowest BCUT2D eigenvalue weighted by Gasteiger charge is -2.42. The molecule has 0 radical (unpaired) electrons. The Labute approximate surface area is 81.5 Å². The minimum Gasteiger partial charge on any atom is -0.390 e. The lowest BCUT2D eigenvalue weighted by Crippen LogP contribution is -2.48. The Kier molecular flexibility index (Phi) is 3.03. The summed E-state index contributed by atoms with van der Waals surface area (Å²) in [5, 5.41) is 10.3. The first-order chi connectivity index (χ1) is 5.97. The van der Waals surface area contributed by atoms with Gasteiger partial charge in [0.2, 0.25) is 0 Å². The summed E-state index contributed by atoms with van der Waals surface area (Å²) in [6.45, 7) is 6.86. The van der Waals surface area contributed by atoms with Crippen LogP contribution < -0.4 is 5.73 Å². The molecule has 0 amide bonds. The van der Waals surface area contributed by atoms with E-state index in [9.17, 15) is 5.11 Å². The summed E-state index contributed by atoms with van der Waals surface area (Å²) >= 11 is 0. The van der Waals surface area contributed by atoms with Gasteiger partial charge >= 0.3 is 0 Å². The van der Waals surface area contributed by atoms with Crippen LogP contribution in [-0.4, -0.2) is 17.3 Å². The number of nitrogens with two attached hydrogens (primary N) is 1. The Morgan fingerprint density at radius 2 is 2.23 bits per heavy atom. The summed E-state index contributed by atoms with van der Waals surface area (Å²) in [6.07, 6.45) is 4.19. The maximum absolute atomic E-state index is 10.3. The van der Waals surface area contributed by atoms with E-state index < -0.39 is 5.60 Å². The van der Waals surface area contributed by atoms with Gasteiger partial charge in [0, 0.05) is 12.0 Å². The van der Waals surface area contributed by atoms with E-state index in [0.717, 1.165) is 25.2 Å².